The van der Waals surface area contributed by atoms with Gasteiger partial charge >= 0.3 is 0 Å². The third kappa shape index (κ3) is 2.18. The first kappa shape index (κ1) is 13.8. The predicted octanol–water partition coefficient (Wildman–Crippen LogP) is 6.18. The standard InChI is InChI=1S/C23H26/c1-15-9-10-17(11-15)22-13-19-12-18(22)14-23(19)21-8-4-6-16-5-2-3-7-20(16)21/h2-10,15,17-19,22-23H,11-14H2,1H3. The first-order valence-electron chi connectivity index (χ1n) is 9.45. The Balaban J connectivity index is 1.42. The average molecular weight is 302 g/mol. The van der Waals surface area contributed by atoms with Crippen molar-refractivity contribution < 1.29 is 0 Å². The molecular formula is C23H26. The highest BCUT2D eigenvalue weighted by Gasteiger charge is 2.48. The molecule has 0 aromatic heterocycles. The van der Waals surface area contributed by atoms with Crippen LogP contribution in [0.3, 0.4) is 0 Å². The third-order valence-electron chi connectivity index (χ3n) is 7.02. The molecule has 0 aliphatic heterocycles. The van der Waals surface area contributed by atoms with Crippen LogP contribution in [-0.4, -0.2) is 0 Å². The first-order chi connectivity index (χ1) is 11.3. The summed E-state index contributed by atoms with van der Waals surface area (Å²) in [6.07, 6.45) is 10.8. The van der Waals surface area contributed by atoms with Gasteiger partial charge in [0.05, 0.1) is 0 Å². The fourth-order valence-electron chi connectivity index (χ4n) is 6.04. The fourth-order valence-corrected chi connectivity index (χ4v) is 6.04. The maximum absolute atomic E-state index is 2.54. The fraction of sp³-hybridized carbons (Fsp3) is 0.478. The molecule has 3 aliphatic rings. The summed E-state index contributed by atoms with van der Waals surface area (Å²) in [6.45, 7) is 2.38. The highest BCUT2D eigenvalue weighted by molar-refractivity contribution is 5.86. The number of rotatable bonds is 2. The number of allylic oxidation sites excluding steroid dienone is 2. The second kappa shape index (κ2) is 5.23. The zero-order valence-electron chi connectivity index (χ0n) is 14.0. The maximum atomic E-state index is 2.54. The highest BCUT2D eigenvalue weighted by Crippen LogP contribution is 2.59. The number of benzene rings is 2. The number of fused-ring (bicyclic) bond motifs is 3. The summed E-state index contributed by atoms with van der Waals surface area (Å²) >= 11 is 0. The van der Waals surface area contributed by atoms with Crippen molar-refractivity contribution >= 4 is 10.8 Å². The van der Waals surface area contributed by atoms with Crippen LogP contribution in [0.1, 0.15) is 44.1 Å². The molecule has 23 heavy (non-hydrogen) atoms. The molecule has 5 rings (SSSR count). The minimum Gasteiger partial charge on any atom is -0.0854 e. The Labute approximate surface area is 139 Å². The lowest BCUT2D eigenvalue weighted by Gasteiger charge is -2.32. The van der Waals surface area contributed by atoms with E-state index in [-0.39, 0.29) is 0 Å². The topological polar surface area (TPSA) is 0 Å². The summed E-state index contributed by atoms with van der Waals surface area (Å²) in [5, 5.41) is 2.91. The predicted molar refractivity (Wildman–Crippen MR) is 97.4 cm³/mol. The molecule has 0 radical (unpaired) electrons. The zero-order valence-corrected chi connectivity index (χ0v) is 14.0. The Hall–Kier alpha value is -1.56. The molecule has 2 aromatic rings. The quantitative estimate of drug-likeness (QED) is 0.581. The zero-order chi connectivity index (χ0) is 15.4. The Morgan fingerprint density at radius 3 is 2.43 bits per heavy atom. The van der Waals surface area contributed by atoms with E-state index in [1.165, 1.54) is 36.5 Å². The van der Waals surface area contributed by atoms with E-state index in [2.05, 4.69) is 61.5 Å². The van der Waals surface area contributed by atoms with E-state index in [0.29, 0.717) is 0 Å². The third-order valence-corrected chi connectivity index (χ3v) is 7.02. The van der Waals surface area contributed by atoms with E-state index in [1.54, 1.807) is 5.56 Å². The van der Waals surface area contributed by atoms with Gasteiger partial charge in [0.2, 0.25) is 0 Å². The molecule has 0 spiro atoms. The highest BCUT2D eigenvalue weighted by atomic mass is 14.5. The van der Waals surface area contributed by atoms with Crippen LogP contribution in [0.2, 0.25) is 0 Å². The van der Waals surface area contributed by atoms with Gasteiger partial charge < -0.3 is 0 Å². The molecule has 0 N–H and O–H groups in total. The minimum atomic E-state index is 0.810. The van der Waals surface area contributed by atoms with Crippen LogP contribution in [0, 0.1) is 29.6 Å². The molecule has 6 atom stereocenters. The van der Waals surface area contributed by atoms with Gasteiger partial charge in [-0.2, -0.15) is 0 Å². The van der Waals surface area contributed by atoms with Gasteiger partial charge in [-0.1, -0.05) is 61.5 Å². The SMILES string of the molecule is CC1C=CC(C2CC3CC2CC3c2cccc3ccccc23)C1. The molecule has 2 bridgehead atoms. The summed E-state index contributed by atoms with van der Waals surface area (Å²) in [5.74, 6) is 5.39. The van der Waals surface area contributed by atoms with Crippen LogP contribution in [0.15, 0.2) is 54.6 Å². The molecule has 0 heterocycles. The number of hydrogen-bond acceptors (Lipinski definition) is 0. The van der Waals surface area contributed by atoms with Gasteiger partial charge in [0.25, 0.3) is 0 Å². The normalized spacial score (nSPS) is 38.7. The summed E-state index contributed by atoms with van der Waals surface area (Å²) in [4.78, 5) is 0. The number of hydrogen-bond donors (Lipinski definition) is 0. The van der Waals surface area contributed by atoms with Crippen LogP contribution in [0.5, 0.6) is 0 Å². The molecule has 2 aromatic carbocycles. The van der Waals surface area contributed by atoms with Crippen molar-refractivity contribution in [3.8, 4) is 0 Å². The lowest BCUT2D eigenvalue weighted by molar-refractivity contribution is 0.237. The van der Waals surface area contributed by atoms with Gasteiger partial charge in [0.15, 0.2) is 0 Å². The van der Waals surface area contributed by atoms with Gasteiger partial charge in [-0.05, 0) is 77.5 Å². The van der Waals surface area contributed by atoms with Crippen molar-refractivity contribution in [3.63, 3.8) is 0 Å². The van der Waals surface area contributed by atoms with Crippen LogP contribution in [0.4, 0.5) is 0 Å². The van der Waals surface area contributed by atoms with Crippen molar-refractivity contribution in [3.05, 3.63) is 60.2 Å². The first-order valence-corrected chi connectivity index (χ1v) is 9.45. The molecule has 118 valence electrons. The summed E-state index contributed by atoms with van der Waals surface area (Å²) in [7, 11) is 0. The monoisotopic (exact) mass is 302 g/mol. The Morgan fingerprint density at radius 2 is 1.65 bits per heavy atom. The van der Waals surface area contributed by atoms with E-state index in [1.807, 2.05) is 0 Å². The molecule has 3 aliphatic carbocycles. The van der Waals surface area contributed by atoms with Crippen molar-refractivity contribution in [2.75, 3.05) is 0 Å². The summed E-state index contributed by atoms with van der Waals surface area (Å²) in [5.41, 5.74) is 1.63. The molecule has 6 unspecified atom stereocenters. The van der Waals surface area contributed by atoms with E-state index in [4.69, 9.17) is 0 Å². The molecule has 0 amide bonds. The van der Waals surface area contributed by atoms with Crippen molar-refractivity contribution in [2.45, 2.75) is 38.5 Å². The Bertz CT molecular complexity index is 750. The molecule has 2 saturated carbocycles. The molecule has 2 fully saturated rings. The molecule has 0 saturated heterocycles. The van der Waals surface area contributed by atoms with Gasteiger partial charge in [0, 0.05) is 0 Å². The largest absolute Gasteiger partial charge is 0.0854 e. The smallest absolute Gasteiger partial charge is 0.0125 e. The van der Waals surface area contributed by atoms with E-state index in [0.717, 1.165) is 35.5 Å². The van der Waals surface area contributed by atoms with Gasteiger partial charge in [-0.25, -0.2) is 0 Å². The Morgan fingerprint density at radius 1 is 0.783 bits per heavy atom. The molecular weight excluding hydrogens is 276 g/mol. The maximum Gasteiger partial charge on any atom is -0.0125 e. The van der Waals surface area contributed by atoms with E-state index in [9.17, 15) is 0 Å². The average Bonchev–Trinajstić information content (AvgIpc) is 3.29. The van der Waals surface area contributed by atoms with Crippen LogP contribution < -0.4 is 0 Å². The summed E-state index contributed by atoms with van der Waals surface area (Å²) in [6, 6.07) is 15.9. The lowest BCUT2D eigenvalue weighted by atomic mass is 9.72. The minimum absolute atomic E-state index is 0.810. The van der Waals surface area contributed by atoms with Crippen molar-refractivity contribution in [1.29, 1.82) is 0 Å². The molecule has 0 heteroatoms. The van der Waals surface area contributed by atoms with Crippen molar-refractivity contribution in [1.82, 2.24) is 0 Å². The molecule has 0 nitrogen and oxygen atoms in total. The second-order valence-electron chi connectivity index (χ2n) is 8.33. The van der Waals surface area contributed by atoms with Crippen LogP contribution >= 0.6 is 0 Å². The van der Waals surface area contributed by atoms with E-state index >= 15 is 0 Å². The van der Waals surface area contributed by atoms with Gasteiger partial charge in [0.1, 0.15) is 0 Å². The van der Waals surface area contributed by atoms with Gasteiger partial charge in [-0.3, -0.25) is 0 Å². The second-order valence-corrected chi connectivity index (χ2v) is 8.33. The summed E-state index contributed by atoms with van der Waals surface area (Å²) < 4.78 is 0. The Kier molecular flexibility index (Phi) is 3.15. The van der Waals surface area contributed by atoms with Crippen LogP contribution in [0.25, 0.3) is 10.8 Å². The van der Waals surface area contributed by atoms with Gasteiger partial charge in [-0.15, -0.1) is 0 Å². The van der Waals surface area contributed by atoms with Crippen LogP contribution in [-0.2, 0) is 0 Å². The van der Waals surface area contributed by atoms with E-state index < -0.39 is 0 Å². The van der Waals surface area contributed by atoms with Crippen molar-refractivity contribution in [2.24, 2.45) is 29.6 Å². The lowest BCUT2D eigenvalue weighted by Crippen LogP contribution is -2.22.